The Labute approximate surface area is 182 Å². The average Bonchev–Trinajstić information content (AvgIpc) is 2.78. The van der Waals surface area contributed by atoms with E-state index in [0.717, 1.165) is 40.8 Å². The SMILES string of the molecule is CCc1cccc(C)c1NC(=O)N1CC(=O)N2CCc3cc(OC)c(OC)cc3[C@H]2C1. The van der Waals surface area contributed by atoms with Crippen LogP contribution in [0.2, 0.25) is 0 Å². The minimum absolute atomic E-state index is 0.0349. The van der Waals surface area contributed by atoms with Crippen LogP contribution in [0.3, 0.4) is 0 Å². The highest BCUT2D eigenvalue weighted by Crippen LogP contribution is 2.39. The Morgan fingerprint density at radius 3 is 2.65 bits per heavy atom. The average molecular weight is 424 g/mol. The van der Waals surface area contributed by atoms with Crippen LogP contribution >= 0.6 is 0 Å². The van der Waals surface area contributed by atoms with Gasteiger partial charge < -0.3 is 24.6 Å². The summed E-state index contributed by atoms with van der Waals surface area (Å²) in [6.45, 7) is 5.20. The minimum Gasteiger partial charge on any atom is -0.493 e. The lowest BCUT2D eigenvalue weighted by Crippen LogP contribution is -2.56. The van der Waals surface area contributed by atoms with Crippen LogP contribution in [-0.2, 0) is 17.6 Å². The Hall–Kier alpha value is -3.22. The standard InChI is InChI=1S/C24H29N3O4/c1-5-16-8-6-7-15(2)23(16)25-24(29)26-13-19-18-12-21(31-4)20(30-3)11-17(18)9-10-27(19)22(28)14-26/h6-8,11-12,19H,5,9-10,13-14H2,1-4H3,(H,25,29)/t19-/m1/s1. The van der Waals surface area contributed by atoms with Gasteiger partial charge in [0.1, 0.15) is 6.54 Å². The second-order valence-electron chi connectivity index (χ2n) is 8.03. The molecule has 4 rings (SSSR count). The van der Waals surface area contributed by atoms with Crippen molar-refractivity contribution in [2.45, 2.75) is 32.7 Å². The monoisotopic (exact) mass is 423 g/mol. The third-order valence-corrected chi connectivity index (χ3v) is 6.30. The van der Waals surface area contributed by atoms with Crippen LogP contribution in [0.4, 0.5) is 10.5 Å². The predicted molar refractivity (Wildman–Crippen MR) is 119 cm³/mol. The quantitative estimate of drug-likeness (QED) is 0.817. The highest BCUT2D eigenvalue weighted by Gasteiger charge is 2.39. The van der Waals surface area contributed by atoms with Gasteiger partial charge in [-0.3, -0.25) is 4.79 Å². The number of carbonyl (C=O) groups is 2. The number of benzene rings is 2. The van der Waals surface area contributed by atoms with Gasteiger partial charge in [-0.05, 0) is 54.2 Å². The summed E-state index contributed by atoms with van der Waals surface area (Å²) in [7, 11) is 3.22. The number of methoxy groups -OCH3 is 2. The van der Waals surface area contributed by atoms with Gasteiger partial charge in [0.25, 0.3) is 0 Å². The van der Waals surface area contributed by atoms with E-state index in [1.165, 1.54) is 0 Å². The zero-order valence-electron chi connectivity index (χ0n) is 18.5. The summed E-state index contributed by atoms with van der Waals surface area (Å²) < 4.78 is 10.9. The fourth-order valence-corrected chi connectivity index (χ4v) is 4.59. The molecule has 31 heavy (non-hydrogen) atoms. The summed E-state index contributed by atoms with van der Waals surface area (Å²) in [4.78, 5) is 29.6. The van der Waals surface area contributed by atoms with Crippen LogP contribution in [0, 0.1) is 6.92 Å². The molecule has 1 atom stereocenters. The molecular weight excluding hydrogens is 394 g/mol. The third kappa shape index (κ3) is 3.80. The zero-order chi connectivity index (χ0) is 22.1. The summed E-state index contributed by atoms with van der Waals surface area (Å²) >= 11 is 0. The molecule has 2 heterocycles. The van der Waals surface area contributed by atoms with Gasteiger partial charge >= 0.3 is 6.03 Å². The maximum atomic E-state index is 13.1. The van der Waals surface area contributed by atoms with E-state index in [2.05, 4.69) is 12.2 Å². The van der Waals surface area contributed by atoms with Crippen LogP contribution in [-0.4, -0.2) is 55.6 Å². The third-order valence-electron chi connectivity index (χ3n) is 6.30. The molecule has 7 nitrogen and oxygen atoms in total. The normalized spacial score (nSPS) is 17.7. The molecule has 0 aromatic heterocycles. The molecule has 1 N–H and O–H groups in total. The van der Waals surface area contributed by atoms with E-state index >= 15 is 0 Å². The van der Waals surface area contributed by atoms with Gasteiger partial charge in [-0.2, -0.15) is 0 Å². The molecule has 2 aliphatic rings. The molecule has 0 unspecified atom stereocenters. The first-order valence-corrected chi connectivity index (χ1v) is 10.7. The Balaban J connectivity index is 1.62. The maximum Gasteiger partial charge on any atom is 0.322 e. The number of nitrogens with zero attached hydrogens (tertiary/aromatic N) is 2. The van der Waals surface area contributed by atoms with Crippen LogP contribution in [0.25, 0.3) is 0 Å². The number of nitrogens with one attached hydrogen (secondary N) is 1. The summed E-state index contributed by atoms with van der Waals surface area (Å²) in [5.41, 5.74) is 5.07. The van der Waals surface area contributed by atoms with E-state index in [9.17, 15) is 9.59 Å². The topological polar surface area (TPSA) is 71.1 Å². The molecular formula is C24H29N3O4. The Kier molecular flexibility index (Phi) is 5.76. The van der Waals surface area contributed by atoms with E-state index in [-0.39, 0.29) is 24.5 Å². The summed E-state index contributed by atoms with van der Waals surface area (Å²) in [6.07, 6.45) is 1.58. The zero-order valence-corrected chi connectivity index (χ0v) is 18.5. The van der Waals surface area contributed by atoms with Crippen LogP contribution < -0.4 is 14.8 Å². The van der Waals surface area contributed by atoms with E-state index < -0.39 is 0 Å². The fraction of sp³-hybridized carbons (Fsp3) is 0.417. The van der Waals surface area contributed by atoms with Crippen molar-refractivity contribution in [3.8, 4) is 11.5 Å². The van der Waals surface area contributed by atoms with Gasteiger partial charge in [0.15, 0.2) is 11.5 Å². The van der Waals surface area contributed by atoms with Gasteiger partial charge in [0.05, 0.1) is 20.3 Å². The van der Waals surface area contributed by atoms with Crippen molar-refractivity contribution in [2.24, 2.45) is 0 Å². The Morgan fingerprint density at radius 1 is 1.19 bits per heavy atom. The van der Waals surface area contributed by atoms with E-state index in [1.807, 2.05) is 42.2 Å². The van der Waals surface area contributed by atoms with E-state index in [1.54, 1.807) is 19.1 Å². The molecule has 0 spiro atoms. The number of para-hydroxylation sites is 1. The first-order valence-electron chi connectivity index (χ1n) is 10.7. The number of piperazine rings is 1. The molecule has 0 saturated carbocycles. The highest BCUT2D eigenvalue weighted by atomic mass is 16.5. The number of amides is 3. The van der Waals surface area contributed by atoms with Gasteiger partial charge in [-0.15, -0.1) is 0 Å². The molecule has 0 radical (unpaired) electrons. The lowest BCUT2D eigenvalue weighted by Gasteiger charge is -2.44. The molecule has 164 valence electrons. The molecule has 2 aromatic carbocycles. The molecule has 2 aromatic rings. The molecule has 0 bridgehead atoms. The van der Waals surface area contributed by atoms with Crippen molar-refractivity contribution >= 4 is 17.6 Å². The van der Waals surface area contributed by atoms with Crippen molar-refractivity contribution in [3.05, 3.63) is 52.6 Å². The van der Waals surface area contributed by atoms with Crippen LogP contribution in [0.15, 0.2) is 30.3 Å². The summed E-state index contributed by atoms with van der Waals surface area (Å²) in [6, 6.07) is 9.47. The largest absolute Gasteiger partial charge is 0.493 e. The molecule has 3 amide bonds. The number of anilines is 1. The molecule has 7 heteroatoms. The van der Waals surface area contributed by atoms with E-state index in [4.69, 9.17) is 9.47 Å². The van der Waals surface area contributed by atoms with E-state index in [0.29, 0.717) is 24.6 Å². The number of urea groups is 1. The van der Waals surface area contributed by atoms with Crippen molar-refractivity contribution in [2.75, 3.05) is 39.2 Å². The molecule has 1 fully saturated rings. The minimum atomic E-state index is -0.246. The summed E-state index contributed by atoms with van der Waals surface area (Å²) in [5, 5.41) is 3.05. The number of hydrogen-bond acceptors (Lipinski definition) is 4. The second kappa shape index (κ2) is 8.49. The smallest absolute Gasteiger partial charge is 0.322 e. The van der Waals surface area contributed by atoms with Crippen molar-refractivity contribution in [1.82, 2.24) is 9.80 Å². The number of fused-ring (bicyclic) bond motifs is 3. The predicted octanol–water partition coefficient (Wildman–Crippen LogP) is 3.55. The van der Waals surface area contributed by atoms with Gasteiger partial charge in [0, 0.05) is 18.8 Å². The number of rotatable bonds is 4. The lowest BCUT2D eigenvalue weighted by atomic mass is 9.90. The van der Waals surface area contributed by atoms with Gasteiger partial charge in [-0.25, -0.2) is 4.79 Å². The van der Waals surface area contributed by atoms with Crippen LogP contribution in [0.5, 0.6) is 11.5 Å². The number of hydrogen-bond donors (Lipinski definition) is 1. The second-order valence-corrected chi connectivity index (χ2v) is 8.03. The molecule has 0 aliphatic carbocycles. The molecule has 1 saturated heterocycles. The van der Waals surface area contributed by atoms with Crippen molar-refractivity contribution in [3.63, 3.8) is 0 Å². The fourth-order valence-electron chi connectivity index (χ4n) is 4.59. The van der Waals surface area contributed by atoms with Gasteiger partial charge in [-0.1, -0.05) is 25.1 Å². The van der Waals surface area contributed by atoms with Gasteiger partial charge in [0.2, 0.25) is 5.91 Å². The molecule has 2 aliphatic heterocycles. The van der Waals surface area contributed by atoms with Crippen molar-refractivity contribution in [1.29, 1.82) is 0 Å². The van der Waals surface area contributed by atoms with Crippen LogP contribution in [0.1, 0.15) is 35.2 Å². The Bertz CT molecular complexity index is 1020. The Morgan fingerprint density at radius 2 is 1.94 bits per heavy atom. The lowest BCUT2D eigenvalue weighted by molar-refractivity contribution is -0.139. The number of ether oxygens (including phenoxy) is 2. The first-order chi connectivity index (χ1) is 15.0. The summed E-state index contributed by atoms with van der Waals surface area (Å²) in [5.74, 6) is 1.27. The number of carbonyl (C=O) groups excluding carboxylic acids is 2. The highest BCUT2D eigenvalue weighted by molar-refractivity contribution is 5.94. The maximum absolute atomic E-state index is 13.1. The first kappa shape index (κ1) is 21.0. The number of aryl methyl sites for hydroxylation is 2. The van der Waals surface area contributed by atoms with Crippen molar-refractivity contribution < 1.29 is 19.1 Å².